The van der Waals surface area contributed by atoms with Gasteiger partial charge in [0.05, 0.1) is 5.92 Å². The molecule has 2 aromatic heterocycles. The van der Waals surface area contributed by atoms with E-state index in [1.165, 1.54) is 28.8 Å². The molecular weight excluding hydrogens is 468 g/mol. The van der Waals surface area contributed by atoms with Crippen LogP contribution in [0.5, 0.6) is 0 Å². The Labute approximate surface area is 196 Å². The Bertz CT molecular complexity index is 1330. The van der Waals surface area contributed by atoms with Crippen molar-refractivity contribution in [2.75, 3.05) is 13.1 Å². The smallest absolute Gasteiger partial charge is 0.336 e. The molecule has 1 saturated heterocycles. The Morgan fingerprint density at radius 3 is 2.67 bits per heavy atom. The first-order valence-electron chi connectivity index (χ1n) is 10.6. The Kier molecular flexibility index (Phi) is 6.83. The minimum atomic E-state index is -3.64. The molecule has 0 aliphatic carbocycles. The van der Waals surface area contributed by atoms with E-state index in [1.807, 2.05) is 6.92 Å². The molecule has 0 N–H and O–H groups in total. The number of benzene rings is 1. The van der Waals surface area contributed by atoms with Crippen LogP contribution >= 0.6 is 11.6 Å². The van der Waals surface area contributed by atoms with Crippen LogP contribution in [-0.2, 0) is 32.6 Å². The van der Waals surface area contributed by atoms with Crippen LogP contribution in [0.15, 0.2) is 56.8 Å². The molecular formula is C23H23ClN2O6S. The summed E-state index contributed by atoms with van der Waals surface area (Å²) in [5.74, 6) is -0.849. The molecule has 8 nitrogen and oxygen atoms in total. The second kappa shape index (κ2) is 9.62. The maximum absolute atomic E-state index is 12.7. The van der Waals surface area contributed by atoms with Gasteiger partial charge in [-0.1, -0.05) is 18.5 Å². The number of hydrogen-bond acceptors (Lipinski definition) is 7. The number of aryl methyl sites for hydroxylation is 1. The first-order chi connectivity index (χ1) is 15.8. The van der Waals surface area contributed by atoms with Gasteiger partial charge in [-0.3, -0.25) is 9.78 Å². The third-order valence-electron chi connectivity index (χ3n) is 5.81. The van der Waals surface area contributed by atoms with Crippen molar-refractivity contribution >= 4 is 38.6 Å². The molecule has 0 saturated carbocycles. The fraction of sp³-hybridized carbons (Fsp3) is 0.348. The largest absolute Gasteiger partial charge is 0.461 e. The second-order valence-corrected chi connectivity index (χ2v) is 10.2. The van der Waals surface area contributed by atoms with Crippen molar-refractivity contribution in [3.05, 3.63) is 69.3 Å². The molecule has 1 fully saturated rings. The minimum absolute atomic E-state index is 0.100. The van der Waals surface area contributed by atoms with Gasteiger partial charge in [0.2, 0.25) is 10.0 Å². The lowest BCUT2D eigenvalue weighted by atomic mass is 9.98. The van der Waals surface area contributed by atoms with E-state index in [0.29, 0.717) is 40.8 Å². The Morgan fingerprint density at radius 1 is 1.24 bits per heavy atom. The third kappa shape index (κ3) is 4.95. The molecule has 10 heteroatoms. The quantitative estimate of drug-likeness (QED) is 0.384. The summed E-state index contributed by atoms with van der Waals surface area (Å²) < 4.78 is 37.6. The summed E-state index contributed by atoms with van der Waals surface area (Å²) in [4.78, 5) is 28.6. The summed E-state index contributed by atoms with van der Waals surface area (Å²) >= 11 is 6.31. The topological polar surface area (TPSA) is 107 Å². The van der Waals surface area contributed by atoms with Gasteiger partial charge < -0.3 is 9.15 Å². The van der Waals surface area contributed by atoms with E-state index in [0.717, 1.165) is 5.56 Å². The van der Waals surface area contributed by atoms with Crippen molar-refractivity contribution < 1.29 is 22.4 Å². The molecule has 4 rings (SSSR count). The molecule has 174 valence electrons. The van der Waals surface area contributed by atoms with Gasteiger partial charge in [0.15, 0.2) is 0 Å². The lowest BCUT2D eigenvalue weighted by Gasteiger charge is -2.30. The Hall–Kier alpha value is -2.75. The standard InChI is InChI=1S/C23H23ClN2O6S/c1-2-15-10-21-19(12-20(15)24)17(11-22(27)32-21)14-31-23(28)16-5-8-26(9-6-16)33(29,30)18-4-3-7-25-13-18/h3-4,7,10-13,16H,2,5-6,8-9,14H2,1H3. The summed E-state index contributed by atoms with van der Waals surface area (Å²) in [6, 6.07) is 7.80. The molecule has 0 unspecified atom stereocenters. The normalized spacial score (nSPS) is 15.6. The maximum atomic E-state index is 12.7. The number of fused-ring (bicyclic) bond motifs is 1. The lowest BCUT2D eigenvalue weighted by Crippen LogP contribution is -2.40. The highest BCUT2D eigenvalue weighted by molar-refractivity contribution is 7.89. The summed E-state index contributed by atoms with van der Waals surface area (Å²) in [5, 5.41) is 1.16. The lowest BCUT2D eigenvalue weighted by molar-refractivity contribution is -0.151. The molecule has 3 heterocycles. The summed E-state index contributed by atoms with van der Waals surface area (Å²) in [5.41, 5.74) is 1.22. The molecule has 0 atom stereocenters. The predicted octanol–water partition coefficient (Wildman–Crippen LogP) is 3.55. The zero-order valence-electron chi connectivity index (χ0n) is 18.0. The number of halogens is 1. The van der Waals surface area contributed by atoms with Gasteiger partial charge in [-0.05, 0) is 49.1 Å². The van der Waals surface area contributed by atoms with Gasteiger partial charge in [-0.25, -0.2) is 13.2 Å². The van der Waals surface area contributed by atoms with E-state index < -0.39 is 27.5 Å². The van der Waals surface area contributed by atoms with E-state index >= 15 is 0 Å². The number of rotatable bonds is 6. The summed E-state index contributed by atoms with van der Waals surface area (Å²) in [7, 11) is -3.64. The number of pyridine rings is 1. The van der Waals surface area contributed by atoms with Gasteiger partial charge in [0, 0.05) is 47.5 Å². The van der Waals surface area contributed by atoms with E-state index in [1.54, 1.807) is 18.2 Å². The minimum Gasteiger partial charge on any atom is -0.461 e. The highest BCUT2D eigenvalue weighted by Gasteiger charge is 2.33. The molecule has 1 aliphatic heterocycles. The second-order valence-electron chi connectivity index (χ2n) is 7.86. The van der Waals surface area contributed by atoms with Gasteiger partial charge in [0.25, 0.3) is 0 Å². The highest BCUT2D eigenvalue weighted by atomic mass is 35.5. The van der Waals surface area contributed by atoms with Crippen LogP contribution in [0.4, 0.5) is 0 Å². The molecule has 3 aromatic rings. The van der Waals surface area contributed by atoms with Crippen LogP contribution in [0.25, 0.3) is 11.0 Å². The van der Waals surface area contributed by atoms with E-state index in [4.69, 9.17) is 20.8 Å². The van der Waals surface area contributed by atoms with Crippen molar-refractivity contribution in [1.82, 2.24) is 9.29 Å². The van der Waals surface area contributed by atoms with Crippen molar-refractivity contribution in [2.24, 2.45) is 5.92 Å². The van der Waals surface area contributed by atoms with Crippen LogP contribution in [0.2, 0.25) is 5.02 Å². The van der Waals surface area contributed by atoms with Gasteiger partial charge in [-0.15, -0.1) is 0 Å². The number of carbonyl (C=O) groups excluding carboxylic acids is 1. The third-order valence-corrected chi connectivity index (χ3v) is 8.04. The Balaban J connectivity index is 1.42. The average Bonchev–Trinajstić information content (AvgIpc) is 2.83. The van der Waals surface area contributed by atoms with E-state index in [2.05, 4.69) is 4.98 Å². The highest BCUT2D eigenvalue weighted by Crippen LogP contribution is 2.28. The molecule has 0 bridgehead atoms. The fourth-order valence-electron chi connectivity index (χ4n) is 3.93. The van der Waals surface area contributed by atoms with Crippen molar-refractivity contribution in [1.29, 1.82) is 0 Å². The number of esters is 1. The zero-order chi connectivity index (χ0) is 23.6. The Morgan fingerprint density at radius 2 is 2.00 bits per heavy atom. The SMILES string of the molecule is CCc1cc2oc(=O)cc(COC(=O)C3CCN(S(=O)(=O)c4cccnc4)CC3)c2cc1Cl. The maximum Gasteiger partial charge on any atom is 0.336 e. The molecule has 0 radical (unpaired) electrons. The molecule has 0 spiro atoms. The molecule has 1 aliphatic rings. The monoisotopic (exact) mass is 490 g/mol. The average molecular weight is 491 g/mol. The number of piperidine rings is 1. The van der Waals surface area contributed by atoms with Crippen LogP contribution in [0.1, 0.15) is 30.9 Å². The van der Waals surface area contributed by atoms with Crippen LogP contribution < -0.4 is 5.63 Å². The number of nitrogens with zero attached hydrogens (tertiary/aromatic N) is 2. The molecule has 1 aromatic carbocycles. The molecule has 0 amide bonds. The number of ether oxygens (including phenoxy) is 1. The van der Waals surface area contributed by atoms with Gasteiger partial charge >= 0.3 is 11.6 Å². The van der Waals surface area contributed by atoms with Crippen LogP contribution in [0, 0.1) is 5.92 Å². The summed E-state index contributed by atoms with van der Waals surface area (Å²) in [6.45, 7) is 2.27. The first kappa shape index (κ1) is 23.4. The van der Waals surface area contributed by atoms with Crippen molar-refractivity contribution in [2.45, 2.75) is 37.7 Å². The van der Waals surface area contributed by atoms with E-state index in [-0.39, 0.29) is 24.6 Å². The first-order valence-corrected chi connectivity index (χ1v) is 12.4. The van der Waals surface area contributed by atoms with Gasteiger partial charge in [-0.2, -0.15) is 4.31 Å². The van der Waals surface area contributed by atoms with Crippen molar-refractivity contribution in [3.8, 4) is 0 Å². The number of hydrogen-bond donors (Lipinski definition) is 0. The molecule has 33 heavy (non-hydrogen) atoms. The van der Waals surface area contributed by atoms with Gasteiger partial charge in [0.1, 0.15) is 17.1 Å². The predicted molar refractivity (Wildman–Crippen MR) is 122 cm³/mol. The number of sulfonamides is 1. The fourth-order valence-corrected chi connectivity index (χ4v) is 5.66. The van der Waals surface area contributed by atoms with Crippen LogP contribution in [0.3, 0.4) is 0 Å². The summed E-state index contributed by atoms with van der Waals surface area (Å²) in [6.07, 6.45) is 4.21. The van der Waals surface area contributed by atoms with Crippen molar-refractivity contribution in [3.63, 3.8) is 0 Å². The zero-order valence-corrected chi connectivity index (χ0v) is 19.6. The van der Waals surface area contributed by atoms with E-state index in [9.17, 15) is 18.0 Å². The number of aromatic nitrogens is 1. The number of carbonyl (C=O) groups is 1. The van der Waals surface area contributed by atoms with Crippen LogP contribution in [-0.4, -0.2) is 36.8 Å².